The van der Waals surface area contributed by atoms with E-state index in [-0.39, 0.29) is 12.6 Å². The maximum absolute atomic E-state index is 11.9. The topological polar surface area (TPSA) is 82.4 Å². The molecular formula is C17H25N5O2. The highest BCUT2D eigenvalue weighted by Gasteiger charge is 2.04. The summed E-state index contributed by atoms with van der Waals surface area (Å²) in [5, 5.41) is 18.8. The Morgan fingerprint density at radius 1 is 1.25 bits per heavy atom. The highest BCUT2D eigenvalue weighted by atomic mass is 16.3. The van der Waals surface area contributed by atoms with Gasteiger partial charge in [-0.1, -0.05) is 24.3 Å². The average Bonchev–Trinajstić information content (AvgIpc) is 3.01. The Balaban J connectivity index is 1.70. The third kappa shape index (κ3) is 6.02. The molecule has 3 N–H and O–H groups in total. The molecule has 7 heteroatoms. The number of aromatic nitrogens is 2. The van der Waals surface area contributed by atoms with Crippen LogP contribution >= 0.6 is 0 Å². The zero-order valence-electron chi connectivity index (χ0n) is 14.2. The molecule has 0 aliphatic rings. The van der Waals surface area contributed by atoms with Crippen molar-refractivity contribution in [3.05, 3.63) is 47.8 Å². The van der Waals surface area contributed by atoms with Gasteiger partial charge < -0.3 is 20.6 Å². The van der Waals surface area contributed by atoms with Crippen LogP contribution in [-0.2, 0) is 19.6 Å². The summed E-state index contributed by atoms with van der Waals surface area (Å²) in [4.78, 5) is 14.0. The molecule has 0 unspecified atom stereocenters. The smallest absolute Gasteiger partial charge is 0.319 e. The van der Waals surface area contributed by atoms with E-state index in [4.69, 9.17) is 5.11 Å². The standard InChI is InChI=1S/C17H25N5O2/c1-21(2)9-10-22-12-16(11-19-22)20-17(24)18-8-7-14-3-5-15(13-23)6-4-14/h3-6,11-12,23H,7-10,13H2,1-2H3,(H2,18,20,24). The van der Waals surface area contributed by atoms with Gasteiger partial charge >= 0.3 is 6.03 Å². The number of nitrogens with one attached hydrogen (secondary N) is 2. The SMILES string of the molecule is CN(C)CCn1cc(NC(=O)NCCc2ccc(CO)cc2)cn1. The van der Waals surface area contributed by atoms with Gasteiger partial charge in [-0.25, -0.2) is 4.79 Å². The molecule has 0 fully saturated rings. The molecule has 0 bridgehead atoms. The van der Waals surface area contributed by atoms with Crippen molar-refractivity contribution in [2.24, 2.45) is 0 Å². The number of aliphatic hydroxyl groups excluding tert-OH is 1. The molecule has 0 spiro atoms. The van der Waals surface area contributed by atoms with Gasteiger partial charge in [-0.05, 0) is 31.6 Å². The zero-order valence-corrected chi connectivity index (χ0v) is 14.2. The maximum atomic E-state index is 11.9. The summed E-state index contributed by atoms with van der Waals surface area (Å²) in [6.45, 7) is 2.25. The molecule has 2 amide bonds. The zero-order chi connectivity index (χ0) is 17.4. The monoisotopic (exact) mass is 331 g/mol. The lowest BCUT2D eigenvalue weighted by molar-refractivity contribution is 0.252. The summed E-state index contributed by atoms with van der Waals surface area (Å²) >= 11 is 0. The number of nitrogens with zero attached hydrogens (tertiary/aromatic N) is 3. The van der Waals surface area contributed by atoms with Gasteiger partial charge in [-0.3, -0.25) is 4.68 Å². The van der Waals surface area contributed by atoms with E-state index in [2.05, 4.69) is 20.6 Å². The van der Waals surface area contributed by atoms with Crippen LogP contribution in [0.3, 0.4) is 0 Å². The Kier molecular flexibility index (Phi) is 6.77. The van der Waals surface area contributed by atoms with Crippen molar-refractivity contribution in [2.45, 2.75) is 19.6 Å². The van der Waals surface area contributed by atoms with Gasteiger partial charge in [0.1, 0.15) is 0 Å². The minimum Gasteiger partial charge on any atom is -0.392 e. The molecule has 24 heavy (non-hydrogen) atoms. The number of benzene rings is 1. The number of carbonyl (C=O) groups is 1. The van der Waals surface area contributed by atoms with Crippen molar-refractivity contribution in [1.29, 1.82) is 0 Å². The molecular weight excluding hydrogens is 306 g/mol. The predicted octanol–water partition coefficient (Wildman–Crippen LogP) is 1.30. The van der Waals surface area contributed by atoms with Crippen molar-refractivity contribution < 1.29 is 9.90 Å². The lowest BCUT2D eigenvalue weighted by atomic mass is 10.1. The Morgan fingerprint density at radius 3 is 2.62 bits per heavy atom. The molecule has 2 rings (SSSR count). The van der Waals surface area contributed by atoms with E-state index in [9.17, 15) is 4.79 Å². The van der Waals surface area contributed by atoms with E-state index in [1.807, 2.05) is 44.6 Å². The molecule has 130 valence electrons. The molecule has 1 heterocycles. The Morgan fingerprint density at radius 2 is 1.96 bits per heavy atom. The van der Waals surface area contributed by atoms with Crippen LogP contribution in [0.2, 0.25) is 0 Å². The largest absolute Gasteiger partial charge is 0.392 e. The first-order valence-corrected chi connectivity index (χ1v) is 7.97. The quantitative estimate of drug-likeness (QED) is 0.681. The lowest BCUT2D eigenvalue weighted by Crippen LogP contribution is -2.30. The van der Waals surface area contributed by atoms with Gasteiger partial charge in [0, 0.05) is 19.3 Å². The van der Waals surface area contributed by atoms with E-state index >= 15 is 0 Å². The van der Waals surface area contributed by atoms with E-state index in [0.717, 1.165) is 30.6 Å². The first kappa shape index (κ1) is 18.0. The molecule has 0 saturated heterocycles. The van der Waals surface area contributed by atoms with Crippen LogP contribution in [0.1, 0.15) is 11.1 Å². The maximum Gasteiger partial charge on any atom is 0.319 e. The molecule has 1 aromatic carbocycles. The van der Waals surface area contributed by atoms with Crippen molar-refractivity contribution in [1.82, 2.24) is 20.0 Å². The minimum absolute atomic E-state index is 0.0448. The van der Waals surface area contributed by atoms with Crippen molar-refractivity contribution in [2.75, 3.05) is 32.5 Å². The summed E-state index contributed by atoms with van der Waals surface area (Å²) in [5.41, 5.74) is 2.68. The molecule has 0 saturated carbocycles. The number of anilines is 1. The Hall–Kier alpha value is -2.38. The number of aliphatic hydroxyl groups is 1. The van der Waals surface area contributed by atoms with Crippen LogP contribution in [0.25, 0.3) is 0 Å². The Bertz CT molecular complexity index is 637. The average molecular weight is 331 g/mol. The second-order valence-electron chi connectivity index (χ2n) is 5.90. The van der Waals surface area contributed by atoms with E-state index in [1.54, 1.807) is 10.9 Å². The van der Waals surface area contributed by atoms with Crippen LogP contribution in [-0.4, -0.2) is 53.0 Å². The number of rotatable bonds is 8. The number of likely N-dealkylation sites (N-methyl/N-ethyl adjacent to an activating group) is 1. The van der Waals surface area contributed by atoms with Crippen molar-refractivity contribution in [3.8, 4) is 0 Å². The van der Waals surface area contributed by atoms with E-state index in [1.165, 1.54) is 0 Å². The minimum atomic E-state index is -0.242. The van der Waals surface area contributed by atoms with Gasteiger partial charge in [0.05, 0.1) is 25.0 Å². The summed E-state index contributed by atoms with van der Waals surface area (Å²) in [6.07, 6.45) is 4.20. The fourth-order valence-electron chi connectivity index (χ4n) is 2.16. The molecule has 7 nitrogen and oxygen atoms in total. The van der Waals surface area contributed by atoms with Crippen LogP contribution in [0.5, 0.6) is 0 Å². The normalized spacial score (nSPS) is 10.8. The summed E-state index contributed by atoms with van der Waals surface area (Å²) in [6, 6.07) is 7.45. The highest BCUT2D eigenvalue weighted by molar-refractivity contribution is 5.88. The third-order valence-corrected chi connectivity index (χ3v) is 3.57. The number of hydrogen-bond donors (Lipinski definition) is 3. The van der Waals surface area contributed by atoms with Gasteiger partial charge in [-0.2, -0.15) is 5.10 Å². The molecule has 0 aliphatic heterocycles. The van der Waals surface area contributed by atoms with Crippen LogP contribution in [0.15, 0.2) is 36.7 Å². The molecule has 1 aromatic heterocycles. The first-order chi connectivity index (χ1) is 11.6. The number of amides is 2. The van der Waals surface area contributed by atoms with Crippen LogP contribution < -0.4 is 10.6 Å². The third-order valence-electron chi connectivity index (χ3n) is 3.57. The molecule has 0 aliphatic carbocycles. The van der Waals surface area contributed by atoms with Crippen molar-refractivity contribution in [3.63, 3.8) is 0 Å². The van der Waals surface area contributed by atoms with Gasteiger partial charge in [0.2, 0.25) is 0 Å². The number of hydrogen-bond acceptors (Lipinski definition) is 4. The van der Waals surface area contributed by atoms with Crippen molar-refractivity contribution >= 4 is 11.7 Å². The number of urea groups is 1. The second-order valence-corrected chi connectivity index (χ2v) is 5.90. The summed E-state index contributed by atoms with van der Waals surface area (Å²) in [5.74, 6) is 0. The van der Waals surface area contributed by atoms with Crippen LogP contribution in [0.4, 0.5) is 10.5 Å². The molecule has 0 radical (unpaired) electrons. The fourth-order valence-corrected chi connectivity index (χ4v) is 2.16. The molecule has 2 aromatic rings. The summed E-state index contributed by atoms with van der Waals surface area (Å²) in [7, 11) is 4.01. The van der Waals surface area contributed by atoms with E-state index < -0.39 is 0 Å². The predicted molar refractivity (Wildman–Crippen MR) is 93.9 cm³/mol. The van der Waals surface area contributed by atoms with E-state index in [0.29, 0.717) is 12.2 Å². The number of carbonyl (C=O) groups excluding carboxylic acids is 1. The summed E-state index contributed by atoms with van der Waals surface area (Å²) < 4.78 is 1.80. The molecule has 0 atom stereocenters. The van der Waals surface area contributed by atoms with Gasteiger partial charge in [0.25, 0.3) is 0 Å². The van der Waals surface area contributed by atoms with Gasteiger partial charge in [-0.15, -0.1) is 0 Å². The second kappa shape index (κ2) is 9.05. The first-order valence-electron chi connectivity index (χ1n) is 7.97. The fraction of sp³-hybridized carbons (Fsp3) is 0.412. The highest BCUT2D eigenvalue weighted by Crippen LogP contribution is 2.06. The van der Waals surface area contributed by atoms with Gasteiger partial charge in [0.15, 0.2) is 0 Å². The lowest BCUT2D eigenvalue weighted by Gasteiger charge is -2.08. The Labute approximate surface area is 142 Å². The van der Waals surface area contributed by atoms with Crippen LogP contribution in [0, 0.1) is 0 Å².